The molecule has 2 N–H and O–H groups in total. The lowest BCUT2D eigenvalue weighted by molar-refractivity contribution is 0.0741. The van der Waals surface area contributed by atoms with Gasteiger partial charge in [-0.05, 0) is 42.7 Å². The summed E-state index contributed by atoms with van der Waals surface area (Å²) in [6, 6.07) is 14.9. The normalized spacial score (nSPS) is 15.2. The lowest BCUT2D eigenvalue weighted by Crippen LogP contribution is -2.30. The fourth-order valence-electron chi connectivity index (χ4n) is 4.45. The maximum absolute atomic E-state index is 13.3. The molecule has 6 nitrogen and oxygen atoms in total. The van der Waals surface area contributed by atoms with E-state index in [1.54, 1.807) is 12.1 Å². The molecule has 1 atom stereocenters. The Morgan fingerprint density at radius 3 is 2.48 bits per heavy atom. The fourth-order valence-corrected chi connectivity index (χ4v) is 4.45. The third-order valence-electron chi connectivity index (χ3n) is 6.24. The predicted molar refractivity (Wildman–Crippen MR) is 130 cm³/mol. The number of aromatic hydroxyl groups is 1. The molecule has 0 radical (unpaired) electrons. The summed E-state index contributed by atoms with van der Waals surface area (Å²) in [6.45, 7) is 5.70. The van der Waals surface area contributed by atoms with Crippen LogP contribution in [0.15, 0.2) is 48.5 Å². The summed E-state index contributed by atoms with van der Waals surface area (Å²) < 4.78 is 5.91. The van der Waals surface area contributed by atoms with Crippen LogP contribution in [0.4, 0.5) is 0 Å². The second-order valence-corrected chi connectivity index (χ2v) is 8.61. The first kappa shape index (κ1) is 22.9. The third kappa shape index (κ3) is 4.75. The third-order valence-corrected chi connectivity index (χ3v) is 6.24. The zero-order valence-electron chi connectivity index (χ0n) is 19.5. The Bertz CT molecular complexity index is 1070. The van der Waals surface area contributed by atoms with Crippen LogP contribution in [0.25, 0.3) is 11.3 Å². The van der Waals surface area contributed by atoms with Crippen molar-refractivity contribution in [3.8, 4) is 22.8 Å². The van der Waals surface area contributed by atoms with Gasteiger partial charge in [0.25, 0.3) is 5.91 Å². The number of H-pyrrole nitrogens is 1. The number of phenolic OH excluding ortho intramolecular Hbond substituents is 1. The summed E-state index contributed by atoms with van der Waals surface area (Å²) in [6.07, 6.45) is 6.61. The van der Waals surface area contributed by atoms with Crippen molar-refractivity contribution in [2.75, 3.05) is 13.2 Å². The number of ether oxygens (including phenoxy) is 1. The van der Waals surface area contributed by atoms with Crippen molar-refractivity contribution in [3.63, 3.8) is 0 Å². The molecule has 0 fully saturated rings. The number of fused-ring (bicyclic) bond motifs is 1. The monoisotopic (exact) mass is 447 g/mol. The first-order valence-electron chi connectivity index (χ1n) is 12.1. The van der Waals surface area contributed by atoms with E-state index in [1.165, 1.54) is 19.3 Å². The van der Waals surface area contributed by atoms with Crippen molar-refractivity contribution in [1.29, 1.82) is 0 Å². The van der Waals surface area contributed by atoms with Gasteiger partial charge in [-0.15, -0.1) is 0 Å². The average Bonchev–Trinajstić information content (AvgIpc) is 3.37. The maximum Gasteiger partial charge on any atom is 0.273 e. The van der Waals surface area contributed by atoms with Gasteiger partial charge in [0.2, 0.25) is 0 Å². The van der Waals surface area contributed by atoms with Crippen LogP contribution in [0, 0.1) is 0 Å². The molecular formula is C27H33N3O3. The largest absolute Gasteiger partial charge is 0.507 e. The molecule has 2 aromatic carbocycles. The lowest BCUT2D eigenvalue weighted by Gasteiger charge is -2.26. The zero-order chi connectivity index (χ0) is 23.2. The van der Waals surface area contributed by atoms with Crippen LogP contribution < -0.4 is 4.74 Å². The molecule has 33 heavy (non-hydrogen) atoms. The molecule has 1 aliphatic rings. The van der Waals surface area contributed by atoms with E-state index in [1.807, 2.05) is 41.3 Å². The SMILES string of the molecule is CCCCCCOc1ccc([C@H]2c3c(-c4ccccc4O)n[nH]c3C(=O)N2CCCC)cc1. The maximum atomic E-state index is 13.3. The number of phenols is 1. The number of carbonyl (C=O) groups excluding carboxylic acids is 1. The molecule has 4 rings (SSSR count). The Labute approximate surface area is 195 Å². The molecular weight excluding hydrogens is 414 g/mol. The van der Waals surface area contributed by atoms with Gasteiger partial charge in [0.05, 0.1) is 12.6 Å². The van der Waals surface area contributed by atoms with E-state index in [4.69, 9.17) is 4.74 Å². The average molecular weight is 448 g/mol. The fraction of sp³-hybridized carbons (Fsp3) is 0.407. The predicted octanol–water partition coefficient (Wildman–Crippen LogP) is 6.09. The quantitative estimate of drug-likeness (QED) is 0.349. The van der Waals surface area contributed by atoms with Gasteiger partial charge in [-0.1, -0.05) is 63.8 Å². The second-order valence-electron chi connectivity index (χ2n) is 8.61. The smallest absolute Gasteiger partial charge is 0.273 e. The van der Waals surface area contributed by atoms with Crippen LogP contribution in [0.1, 0.15) is 80.0 Å². The molecule has 0 spiro atoms. The summed E-state index contributed by atoms with van der Waals surface area (Å²) in [5.41, 5.74) is 3.58. The number of unbranched alkanes of at least 4 members (excludes halogenated alkanes) is 4. The summed E-state index contributed by atoms with van der Waals surface area (Å²) >= 11 is 0. The number of rotatable bonds is 11. The summed E-state index contributed by atoms with van der Waals surface area (Å²) in [4.78, 5) is 15.2. The van der Waals surface area contributed by atoms with Gasteiger partial charge in [-0.25, -0.2) is 0 Å². The highest BCUT2D eigenvalue weighted by Gasteiger charge is 2.42. The Balaban J connectivity index is 1.64. The van der Waals surface area contributed by atoms with E-state index in [0.717, 1.165) is 36.1 Å². The highest BCUT2D eigenvalue weighted by atomic mass is 16.5. The van der Waals surface area contributed by atoms with Crippen molar-refractivity contribution in [2.24, 2.45) is 0 Å². The number of para-hydroxylation sites is 1. The number of hydrogen-bond acceptors (Lipinski definition) is 4. The molecule has 3 aromatic rings. The van der Waals surface area contributed by atoms with Gasteiger partial charge in [0.15, 0.2) is 0 Å². The minimum atomic E-state index is -0.258. The van der Waals surface area contributed by atoms with E-state index in [-0.39, 0.29) is 17.7 Å². The molecule has 0 aliphatic carbocycles. The van der Waals surface area contributed by atoms with Crippen LogP contribution in [0.5, 0.6) is 11.5 Å². The molecule has 0 unspecified atom stereocenters. The van der Waals surface area contributed by atoms with Gasteiger partial charge in [-0.3, -0.25) is 9.89 Å². The van der Waals surface area contributed by atoms with E-state index >= 15 is 0 Å². The summed E-state index contributed by atoms with van der Waals surface area (Å²) in [7, 11) is 0. The van der Waals surface area contributed by atoms with Crippen molar-refractivity contribution in [2.45, 2.75) is 58.4 Å². The van der Waals surface area contributed by atoms with Crippen molar-refractivity contribution in [1.82, 2.24) is 15.1 Å². The Hall–Kier alpha value is -3.28. The number of benzene rings is 2. The van der Waals surface area contributed by atoms with Crippen molar-refractivity contribution in [3.05, 3.63) is 65.4 Å². The molecule has 1 amide bonds. The van der Waals surface area contributed by atoms with E-state index < -0.39 is 0 Å². The topological polar surface area (TPSA) is 78.5 Å². The Morgan fingerprint density at radius 2 is 1.76 bits per heavy atom. The first-order chi connectivity index (χ1) is 16.2. The number of nitrogens with one attached hydrogen (secondary N) is 1. The summed E-state index contributed by atoms with van der Waals surface area (Å²) in [5.74, 6) is 0.943. The summed E-state index contributed by atoms with van der Waals surface area (Å²) in [5, 5.41) is 17.8. The van der Waals surface area contributed by atoms with Crippen LogP contribution in [0.2, 0.25) is 0 Å². The van der Waals surface area contributed by atoms with E-state index in [2.05, 4.69) is 24.0 Å². The molecule has 0 bridgehead atoms. The highest BCUT2D eigenvalue weighted by molar-refractivity contribution is 6.00. The number of amides is 1. The van der Waals surface area contributed by atoms with Crippen LogP contribution >= 0.6 is 0 Å². The van der Waals surface area contributed by atoms with Crippen molar-refractivity contribution >= 4 is 5.91 Å². The highest BCUT2D eigenvalue weighted by Crippen LogP contribution is 2.44. The Kier molecular flexibility index (Phi) is 7.33. The number of carbonyl (C=O) groups is 1. The minimum Gasteiger partial charge on any atom is -0.507 e. The standard InChI is InChI=1S/C27H33N3O3/c1-3-5-7-10-18-33-20-15-13-19(14-16-20)26-23-24(21-11-8-9-12-22(21)31)28-29-25(23)27(32)30(26)17-6-4-2/h8-9,11-16,26,31H,3-7,10,17-18H2,1-2H3,(H,28,29)/t26-/m0/s1. The zero-order valence-corrected chi connectivity index (χ0v) is 19.5. The van der Waals surface area contributed by atoms with Gasteiger partial charge < -0.3 is 14.7 Å². The van der Waals surface area contributed by atoms with Crippen LogP contribution in [-0.2, 0) is 0 Å². The molecule has 1 aliphatic heterocycles. The van der Waals surface area contributed by atoms with Crippen LogP contribution in [-0.4, -0.2) is 39.3 Å². The number of nitrogens with zero attached hydrogens (tertiary/aromatic N) is 2. The second kappa shape index (κ2) is 10.6. The molecule has 0 saturated carbocycles. The molecule has 6 heteroatoms. The van der Waals surface area contributed by atoms with E-state index in [9.17, 15) is 9.90 Å². The van der Waals surface area contributed by atoms with Gasteiger partial charge >= 0.3 is 0 Å². The molecule has 174 valence electrons. The molecule has 0 saturated heterocycles. The van der Waals surface area contributed by atoms with Crippen molar-refractivity contribution < 1.29 is 14.6 Å². The van der Waals surface area contributed by atoms with E-state index in [0.29, 0.717) is 30.1 Å². The Morgan fingerprint density at radius 1 is 1.00 bits per heavy atom. The number of hydrogen-bond donors (Lipinski definition) is 2. The molecule has 1 aromatic heterocycles. The van der Waals surface area contributed by atoms with Crippen LogP contribution in [0.3, 0.4) is 0 Å². The van der Waals surface area contributed by atoms with Gasteiger partial charge in [0.1, 0.15) is 22.9 Å². The minimum absolute atomic E-state index is 0.0473. The van der Waals surface area contributed by atoms with Gasteiger partial charge in [-0.2, -0.15) is 5.10 Å². The number of aromatic amines is 1. The number of aromatic nitrogens is 2. The van der Waals surface area contributed by atoms with Gasteiger partial charge in [0, 0.05) is 17.7 Å². The first-order valence-corrected chi connectivity index (χ1v) is 12.1. The lowest BCUT2D eigenvalue weighted by atomic mass is 9.95. The molecule has 2 heterocycles.